The van der Waals surface area contributed by atoms with Crippen LogP contribution in [0.1, 0.15) is 105 Å². The molecule has 0 radical (unpaired) electrons. The summed E-state index contributed by atoms with van der Waals surface area (Å²) in [4.78, 5) is 25.0. The van der Waals surface area contributed by atoms with E-state index in [4.69, 9.17) is 20.9 Å². The van der Waals surface area contributed by atoms with E-state index in [1.807, 2.05) is 24.3 Å². The van der Waals surface area contributed by atoms with Crippen LogP contribution >= 0.6 is 0 Å². The number of esters is 2. The number of nitrogens with two attached hydrogens (primary N) is 2. The van der Waals surface area contributed by atoms with Gasteiger partial charge in [0.05, 0.1) is 12.2 Å². The van der Waals surface area contributed by atoms with E-state index in [0.29, 0.717) is 16.9 Å². The van der Waals surface area contributed by atoms with Crippen LogP contribution < -0.4 is 11.5 Å². The van der Waals surface area contributed by atoms with E-state index in [1.54, 1.807) is 24.3 Å². The first kappa shape index (κ1) is 29.3. The highest BCUT2D eigenvalue weighted by Crippen LogP contribution is 2.30. The quantitative estimate of drug-likeness (QED) is 0.163. The zero-order chi connectivity index (χ0) is 27.3. The number of hydrogen-bond donors (Lipinski definition) is 2. The molecule has 1 atom stereocenters. The van der Waals surface area contributed by atoms with E-state index < -0.39 is 5.97 Å². The van der Waals surface area contributed by atoms with Crippen molar-refractivity contribution in [2.24, 2.45) is 5.92 Å². The fourth-order valence-electron chi connectivity index (χ4n) is 5.11. The van der Waals surface area contributed by atoms with Crippen molar-refractivity contribution in [3.8, 4) is 0 Å². The Morgan fingerprint density at radius 1 is 0.947 bits per heavy atom. The Hall–Kier alpha value is -3.28. The summed E-state index contributed by atoms with van der Waals surface area (Å²) in [5.41, 5.74) is 15.5. The van der Waals surface area contributed by atoms with Crippen LogP contribution in [0.25, 0.3) is 6.08 Å². The largest absolute Gasteiger partial charge is 0.462 e. The maximum atomic E-state index is 12.6. The Morgan fingerprint density at radius 2 is 1.61 bits per heavy atom. The number of carbonyl (C=O) groups excluding carboxylic acids is 2. The third-order valence-corrected chi connectivity index (χ3v) is 7.40. The summed E-state index contributed by atoms with van der Waals surface area (Å²) in [5, 5.41) is 0. The third kappa shape index (κ3) is 9.55. The first-order valence-corrected chi connectivity index (χ1v) is 14.2. The summed E-state index contributed by atoms with van der Waals surface area (Å²) in [6.07, 6.45) is 14.1. The average Bonchev–Trinajstić information content (AvgIpc) is 2.91. The standard InChI is InChI=1S/C32H44N2O4/c1-3-5-7-23-11-16-30(17-12-23)38-32(36)25-14-9-24(10-15-25)13-18-31(35)37-22-26(8-6-4-2)27-19-28(33)21-29(34)20-27/h9-10,13-15,18-21,23,26,30H,3-8,11-12,16-17,22,33-34H2,1-2H3. The van der Waals surface area contributed by atoms with Gasteiger partial charge in [0.2, 0.25) is 0 Å². The molecule has 0 saturated heterocycles. The molecule has 0 aliphatic heterocycles. The second kappa shape index (κ2) is 15.2. The van der Waals surface area contributed by atoms with Crippen molar-refractivity contribution < 1.29 is 19.1 Å². The molecular weight excluding hydrogens is 476 g/mol. The minimum Gasteiger partial charge on any atom is -0.462 e. The molecule has 3 rings (SSSR count). The predicted molar refractivity (Wildman–Crippen MR) is 155 cm³/mol. The number of anilines is 2. The van der Waals surface area contributed by atoms with Crippen molar-refractivity contribution in [1.29, 1.82) is 0 Å². The van der Waals surface area contributed by atoms with Gasteiger partial charge in [-0.15, -0.1) is 0 Å². The number of unbranched alkanes of at least 4 members (excludes halogenated alkanes) is 2. The number of nitrogen functional groups attached to an aromatic ring is 2. The summed E-state index contributed by atoms with van der Waals surface area (Å²) >= 11 is 0. The van der Waals surface area contributed by atoms with Crippen molar-refractivity contribution in [3.05, 3.63) is 65.2 Å². The molecule has 1 unspecified atom stereocenters. The van der Waals surface area contributed by atoms with E-state index in [1.165, 1.54) is 25.3 Å². The lowest BCUT2D eigenvalue weighted by Crippen LogP contribution is -2.24. The van der Waals surface area contributed by atoms with Gasteiger partial charge >= 0.3 is 11.9 Å². The van der Waals surface area contributed by atoms with E-state index in [-0.39, 0.29) is 24.6 Å². The van der Waals surface area contributed by atoms with Crippen LogP contribution in [-0.4, -0.2) is 24.6 Å². The highest BCUT2D eigenvalue weighted by molar-refractivity contribution is 5.90. The Bertz CT molecular complexity index is 1040. The Balaban J connectivity index is 1.47. The lowest BCUT2D eigenvalue weighted by atomic mass is 9.84. The van der Waals surface area contributed by atoms with E-state index in [0.717, 1.165) is 62.0 Å². The van der Waals surface area contributed by atoms with Crippen molar-refractivity contribution in [1.82, 2.24) is 0 Å². The van der Waals surface area contributed by atoms with Gasteiger partial charge in [-0.05, 0) is 85.6 Å². The molecule has 206 valence electrons. The highest BCUT2D eigenvalue weighted by Gasteiger charge is 2.24. The SMILES string of the molecule is CCCCC1CCC(OC(=O)c2ccc(C=CC(=O)OCC(CCCC)c3cc(N)cc(N)c3)cc2)CC1. The molecule has 0 spiro atoms. The maximum absolute atomic E-state index is 12.6. The predicted octanol–water partition coefficient (Wildman–Crippen LogP) is 7.29. The van der Waals surface area contributed by atoms with Crippen molar-refractivity contribution in [3.63, 3.8) is 0 Å². The molecule has 1 fully saturated rings. The Morgan fingerprint density at radius 3 is 2.24 bits per heavy atom. The Labute approximate surface area is 227 Å². The van der Waals surface area contributed by atoms with Crippen LogP contribution in [0.5, 0.6) is 0 Å². The van der Waals surface area contributed by atoms with E-state index in [9.17, 15) is 9.59 Å². The number of carbonyl (C=O) groups is 2. The summed E-state index contributed by atoms with van der Waals surface area (Å²) in [7, 11) is 0. The summed E-state index contributed by atoms with van der Waals surface area (Å²) < 4.78 is 11.3. The van der Waals surface area contributed by atoms with Gasteiger partial charge in [-0.25, -0.2) is 9.59 Å². The second-order valence-electron chi connectivity index (χ2n) is 10.5. The molecule has 4 N–H and O–H groups in total. The van der Waals surface area contributed by atoms with Crippen molar-refractivity contribution in [2.75, 3.05) is 18.1 Å². The van der Waals surface area contributed by atoms with Crippen LogP contribution in [-0.2, 0) is 14.3 Å². The molecule has 1 aliphatic carbocycles. The molecule has 1 aliphatic rings. The van der Waals surface area contributed by atoms with Gasteiger partial charge in [0.1, 0.15) is 6.10 Å². The van der Waals surface area contributed by atoms with Gasteiger partial charge in [0, 0.05) is 23.4 Å². The number of ether oxygens (including phenoxy) is 2. The maximum Gasteiger partial charge on any atom is 0.338 e. The van der Waals surface area contributed by atoms with Crippen molar-refractivity contribution in [2.45, 2.75) is 90.1 Å². The normalized spacial score (nSPS) is 18.3. The molecule has 38 heavy (non-hydrogen) atoms. The molecule has 0 heterocycles. The van der Waals surface area contributed by atoms with Crippen LogP contribution in [0.2, 0.25) is 0 Å². The Kier molecular flexibility index (Phi) is 11.7. The minimum absolute atomic E-state index is 0.0136. The highest BCUT2D eigenvalue weighted by atomic mass is 16.5. The first-order chi connectivity index (χ1) is 18.4. The lowest BCUT2D eigenvalue weighted by molar-refractivity contribution is -0.138. The van der Waals surface area contributed by atoms with E-state index >= 15 is 0 Å². The summed E-state index contributed by atoms with van der Waals surface area (Å²) in [5.74, 6) is 0.120. The second-order valence-corrected chi connectivity index (χ2v) is 10.5. The minimum atomic E-state index is -0.415. The van der Waals surface area contributed by atoms with Gasteiger partial charge in [0.25, 0.3) is 0 Å². The van der Waals surface area contributed by atoms with Crippen LogP contribution in [0, 0.1) is 5.92 Å². The van der Waals surface area contributed by atoms with Gasteiger partial charge in [-0.1, -0.05) is 58.1 Å². The van der Waals surface area contributed by atoms with Gasteiger partial charge in [-0.3, -0.25) is 0 Å². The van der Waals surface area contributed by atoms with Gasteiger partial charge in [-0.2, -0.15) is 0 Å². The van der Waals surface area contributed by atoms with Gasteiger partial charge in [0.15, 0.2) is 0 Å². The summed E-state index contributed by atoms with van der Waals surface area (Å²) in [6, 6.07) is 12.6. The molecule has 2 aromatic carbocycles. The fourth-order valence-corrected chi connectivity index (χ4v) is 5.11. The van der Waals surface area contributed by atoms with E-state index in [2.05, 4.69) is 13.8 Å². The third-order valence-electron chi connectivity index (χ3n) is 7.40. The zero-order valence-electron chi connectivity index (χ0n) is 23.0. The lowest BCUT2D eigenvalue weighted by Gasteiger charge is -2.28. The zero-order valence-corrected chi connectivity index (χ0v) is 23.0. The van der Waals surface area contributed by atoms with Crippen LogP contribution in [0.15, 0.2) is 48.5 Å². The smallest absolute Gasteiger partial charge is 0.338 e. The molecule has 6 nitrogen and oxygen atoms in total. The first-order valence-electron chi connectivity index (χ1n) is 14.2. The molecule has 1 saturated carbocycles. The number of hydrogen-bond acceptors (Lipinski definition) is 6. The number of benzene rings is 2. The molecule has 6 heteroatoms. The molecule has 2 aromatic rings. The van der Waals surface area contributed by atoms with Crippen molar-refractivity contribution >= 4 is 29.4 Å². The average molecular weight is 521 g/mol. The molecule has 0 amide bonds. The molecular formula is C32H44N2O4. The monoisotopic (exact) mass is 520 g/mol. The van der Waals surface area contributed by atoms with Crippen LogP contribution in [0.4, 0.5) is 11.4 Å². The van der Waals surface area contributed by atoms with Crippen LogP contribution in [0.3, 0.4) is 0 Å². The fraction of sp³-hybridized carbons (Fsp3) is 0.500. The molecule has 0 aromatic heterocycles. The topological polar surface area (TPSA) is 105 Å². The van der Waals surface area contributed by atoms with Gasteiger partial charge < -0.3 is 20.9 Å². The summed E-state index contributed by atoms with van der Waals surface area (Å²) in [6.45, 7) is 4.62. The number of rotatable bonds is 13. The molecule has 0 bridgehead atoms.